The van der Waals surface area contributed by atoms with E-state index < -0.39 is 0 Å². The maximum Gasteiger partial charge on any atom is 0.238 e. The summed E-state index contributed by atoms with van der Waals surface area (Å²) in [6.07, 6.45) is 1.47. The van der Waals surface area contributed by atoms with Crippen molar-refractivity contribution in [2.75, 3.05) is 0 Å². The number of nitrogens with zero attached hydrogens (tertiary/aromatic N) is 2. The van der Waals surface area contributed by atoms with E-state index >= 15 is 0 Å². The number of hydrogen-bond donors (Lipinski definition) is 0. The van der Waals surface area contributed by atoms with Crippen LogP contribution in [0.5, 0.6) is 11.6 Å². The predicted octanol–water partition coefficient (Wildman–Crippen LogP) is 4.59. The first-order chi connectivity index (χ1) is 8.06. The molecular weight excluding hydrogens is 378 g/mol. The molecule has 0 unspecified atom stereocenters. The highest BCUT2D eigenvalue weighted by Crippen LogP contribution is 2.32. The average Bonchev–Trinajstić information content (AvgIpc) is 2.27. The lowest BCUT2D eigenvalue weighted by Gasteiger charge is -2.08. The Morgan fingerprint density at radius 1 is 1.24 bits per heavy atom. The Morgan fingerprint density at radius 3 is 2.71 bits per heavy atom. The molecule has 0 aliphatic rings. The third-order valence-electron chi connectivity index (χ3n) is 1.78. The van der Waals surface area contributed by atoms with E-state index in [-0.39, 0.29) is 17.0 Å². The molecule has 0 bridgehead atoms. The second-order valence-electron chi connectivity index (χ2n) is 2.97. The Morgan fingerprint density at radius 2 is 2.00 bits per heavy atom. The number of halogens is 4. The Labute approximate surface area is 118 Å². The van der Waals surface area contributed by atoms with Crippen molar-refractivity contribution < 1.29 is 9.13 Å². The maximum atomic E-state index is 12.9. The molecule has 0 radical (unpaired) electrons. The van der Waals surface area contributed by atoms with Crippen molar-refractivity contribution in [3.8, 4) is 11.6 Å². The van der Waals surface area contributed by atoms with Gasteiger partial charge in [0.15, 0.2) is 0 Å². The van der Waals surface area contributed by atoms with Crippen molar-refractivity contribution in [2.24, 2.45) is 0 Å². The van der Waals surface area contributed by atoms with Crippen LogP contribution in [0.2, 0.25) is 5.28 Å². The second-order valence-corrected chi connectivity index (χ2v) is 5.02. The minimum atomic E-state index is -0.357. The molecule has 2 aromatic rings. The molecular formula is C10H4Br2ClFN2O. The van der Waals surface area contributed by atoms with E-state index in [0.29, 0.717) is 14.7 Å². The van der Waals surface area contributed by atoms with Crippen molar-refractivity contribution in [3.05, 3.63) is 44.4 Å². The van der Waals surface area contributed by atoms with Gasteiger partial charge >= 0.3 is 0 Å². The average molecular weight is 382 g/mol. The Kier molecular flexibility index (Phi) is 3.96. The highest BCUT2D eigenvalue weighted by atomic mass is 79.9. The van der Waals surface area contributed by atoms with E-state index in [9.17, 15) is 4.39 Å². The summed E-state index contributed by atoms with van der Waals surface area (Å²) in [6, 6.07) is 4.07. The van der Waals surface area contributed by atoms with Crippen LogP contribution in [0.4, 0.5) is 4.39 Å². The highest BCUT2D eigenvalue weighted by molar-refractivity contribution is 9.11. The molecule has 0 saturated carbocycles. The van der Waals surface area contributed by atoms with Gasteiger partial charge in [0, 0.05) is 6.20 Å². The van der Waals surface area contributed by atoms with Gasteiger partial charge in [0.25, 0.3) is 0 Å². The van der Waals surface area contributed by atoms with Gasteiger partial charge in [-0.05, 0) is 61.7 Å². The van der Waals surface area contributed by atoms with Crippen LogP contribution in [-0.2, 0) is 0 Å². The van der Waals surface area contributed by atoms with Gasteiger partial charge in [-0.1, -0.05) is 0 Å². The van der Waals surface area contributed by atoms with Crippen LogP contribution in [0.3, 0.4) is 0 Å². The zero-order valence-corrected chi connectivity index (χ0v) is 12.1. The number of aromatic nitrogens is 2. The fourth-order valence-electron chi connectivity index (χ4n) is 1.06. The lowest BCUT2D eigenvalue weighted by Crippen LogP contribution is -1.92. The molecule has 0 atom stereocenters. The number of hydrogen-bond acceptors (Lipinski definition) is 3. The molecule has 88 valence electrons. The lowest BCUT2D eigenvalue weighted by atomic mass is 10.3. The topological polar surface area (TPSA) is 35.0 Å². The zero-order valence-electron chi connectivity index (χ0n) is 8.12. The third kappa shape index (κ3) is 3.14. The van der Waals surface area contributed by atoms with Gasteiger partial charge < -0.3 is 4.74 Å². The molecule has 0 aliphatic heterocycles. The van der Waals surface area contributed by atoms with Crippen LogP contribution >= 0.6 is 43.5 Å². The molecule has 0 saturated heterocycles. The van der Waals surface area contributed by atoms with Crippen molar-refractivity contribution in [3.63, 3.8) is 0 Å². The summed E-state index contributed by atoms with van der Waals surface area (Å²) in [5.74, 6) is 0.336. The van der Waals surface area contributed by atoms with Gasteiger partial charge in [0.05, 0.1) is 8.95 Å². The fourth-order valence-corrected chi connectivity index (χ4v) is 1.89. The van der Waals surface area contributed by atoms with Gasteiger partial charge in [-0.15, -0.1) is 0 Å². The quantitative estimate of drug-likeness (QED) is 0.713. The van der Waals surface area contributed by atoms with Crippen molar-refractivity contribution in [2.45, 2.75) is 0 Å². The highest BCUT2D eigenvalue weighted by Gasteiger charge is 2.09. The molecule has 1 aromatic carbocycles. The Bertz CT molecular complexity index is 568. The van der Waals surface area contributed by atoms with Gasteiger partial charge in [-0.3, -0.25) is 0 Å². The molecule has 0 amide bonds. The second kappa shape index (κ2) is 5.29. The van der Waals surface area contributed by atoms with E-state index in [0.717, 1.165) is 0 Å². The first-order valence-corrected chi connectivity index (χ1v) is 6.33. The first-order valence-electron chi connectivity index (χ1n) is 4.37. The van der Waals surface area contributed by atoms with E-state index in [1.165, 1.54) is 24.4 Å². The minimum absolute atomic E-state index is 0.0708. The molecule has 0 N–H and O–H groups in total. The molecule has 0 spiro atoms. The van der Waals surface area contributed by atoms with Crippen LogP contribution in [0.25, 0.3) is 0 Å². The third-order valence-corrected chi connectivity index (χ3v) is 3.13. The summed E-state index contributed by atoms with van der Waals surface area (Å²) < 4.78 is 19.4. The molecule has 2 rings (SSSR count). The summed E-state index contributed by atoms with van der Waals surface area (Å²) in [6.45, 7) is 0. The number of ether oxygens (including phenoxy) is 1. The van der Waals surface area contributed by atoms with Crippen LogP contribution in [0, 0.1) is 5.82 Å². The van der Waals surface area contributed by atoms with Crippen molar-refractivity contribution >= 4 is 43.5 Å². The van der Waals surface area contributed by atoms with Gasteiger partial charge in [0.2, 0.25) is 11.2 Å². The predicted molar refractivity (Wildman–Crippen MR) is 68.9 cm³/mol. The molecule has 1 heterocycles. The summed E-state index contributed by atoms with van der Waals surface area (Å²) in [4.78, 5) is 7.68. The van der Waals surface area contributed by atoms with Gasteiger partial charge in [-0.2, -0.15) is 4.98 Å². The van der Waals surface area contributed by atoms with Gasteiger partial charge in [-0.25, -0.2) is 9.37 Å². The van der Waals surface area contributed by atoms with Crippen molar-refractivity contribution in [1.29, 1.82) is 0 Å². The monoisotopic (exact) mass is 380 g/mol. The van der Waals surface area contributed by atoms with E-state index in [4.69, 9.17) is 16.3 Å². The number of rotatable bonds is 2. The summed E-state index contributed by atoms with van der Waals surface area (Å²) >= 11 is 12.1. The normalized spacial score (nSPS) is 10.4. The Hall–Kier alpha value is -0.720. The standard InChI is InChI=1S/C10H4Br2ClFN2O/c11-6-3-5(14)1-2-8(6)17-9-7(12)4-15-10(13)16-9/h1-4H. The van der Waals surface area contributed by atoms with Crippen LogP contribution in [-0.4, -0.2) is 9.97 Å². The molecule has 7 heteroatoms. The lowest BCUT2D eigenvalue weighted by molar-refractivity contribution is 0.453. The largest absolute Gasteiger partial charge is 0.437 e. The SMILES string of the molecule is Fc1ccc(Oc2nc(Cl)ncc2Br)c(Br)c1. The van der Waals surface area contributed by atoms with Crippen LogP contribution in [0.1, 0.15) is 0 Å². The van der Waals surface area contributed by atoms with Crippen LogP contribution in [0.15, 0.2) is 33.3 Å². The minimum Gasteiger partial charge on any atom is -0.437 e. The van der Waals surface area contributed by atoms with Crippen LogP contribution < -0.4 is 4.74 Å². The Balaban J connectivity index is 2.34. The molecule has 1 aromatic heterocycles. The van der Waals surface area contributed by atoms with E-state index in [1.807, 2.05) is 0 Å². The number of benzene rings is 1. The summed E-state index contributed by atoms with van der Waals surface area (Å²) in [5, 5.41) is 0.0708. The first kappa shape index (κ1) is 12.7. The molecule has 17 heavy (non-hydrogen) atoms. The van der Waals surface area contributed by atoms with E-state index in [1.54, 1.807) is 0 Å². The molecule has 0 fully saturated rings. The summed E-state index contributed by atoms with van der Waals surface area (Å²) in [7, 11) is 0. The fraction of sp³-hybridized carbons (Fsp3) is 0. The smallest absolute Gasteiger partial charge is 0.238 e. The van der Waals surface area contributed by atoms with Crippen molar-refractivity contribution in [1.82, 2.24) is 9.97 Å². The van der Waals surface area contributed by atoms with Gasteiger partial charge in [0.1, 0.15) is 11.6 Å². The maximum absolute atomic E-state index is 12.9. The molecule has 0 aliphatic carbocycles. The van der Waals surface area contributed by atoms with E-state index in [2.05, 4.69) is 41.8 Å². The zero-order chi connectivity index (χ0) is 12.4. The molecule has 3 nitrogen and oxygen atoms in total. The summed E-state index contributed by atoms with van der Waals surface area (Å²) in [5.41, 5.74) is 0.